The molecular weight excluding hydrogens is 297 g/mol. The molecule has 1 aromatic rings. The summed E-state index contributed by atoms with van der Waals surface area (Å²) in [6.45, 7) is 0. The van der Waals surface area contributed by atoms with Gasteiger partial charge in [0.25, 0.3) is 0 Å². The van der Waals surface area contributed by atoms with Crippen molar-refractivity contribution < 1.29 is 14.0 Å². The van der Waals surface area contributed by atoms with Gasteiger partial charge in [-0.2, -0.15) is 0 Å². The van der Waals surface area contributed by atoms with Crippen LogP contribution in [-0.4, -0.2) is 29.9 Å². The average Bonchev–Trinajstić information content (AvgIpc) is 2.84. The third-order valence-corrected chi connectivity index (χ3v) is 5.19. The second-order valence-electron chi connectivity index (χ2n) is 6.85. The topological polar surface area (TPSA) is 70.2 Å². The van der Waals surface area contributed by atoms with Gasteiger partial charge in [0.2, 0.25) is 11.8 Å². The minimum atomic E-state index is -0.535. The smallest absolute Gasteiger partial charge is 0.228 e. The van der Waals surface area contributed by atoms with Crippen molar-refractivity contribution in [1.29, 1.82) is 0 Å². The summed E-state index contributed by atoms with van der Waals surface area (Å²) in [6, 6.07) is 5.36. The molecule has 0 aliphatic carbocycles. The van der Waals surface area contributed by atoms with Crippen molar-refractivity contribution in [1.82, 2.24) is 10.6 Å². The van der Waals surface area contributed by atoms with Crippen LogP contribution in [0.1, 0.15) is 43.6 Å². The van der Waals surface area contributed by atoms with Gasteiger partial charge in [-0.05, 0) is 43.4 Å². The average molecular weight is 317 g/mol. The van der Waals surface area contributed by atoms with E-state index in [-0.39, 0.29) is 24.3 Å². The molecule has 2 amide bonds. The first-order valence-corrected chi connectivity index (χ1v) is 8.24. The van der Waals surface area contributed by atoms with Crippen LogP contribution in [0.3, 0.4) is 0 Å². The summed E-state index contributed by atoms with van der Waals surface area (Å²) < 4.78 is 13.4. The Hall–Kier alpha value is -1.95. The van der Waals surface area contributed by atoms with Crippen molar-refractivity contribution in [2.24, 2.45) is 0 Å². The van der Waals surface area contributed by atoms with E-state index in [1.807, 2.05) is 0 Å². The first-order valence-electron chi connectivity index (χ1n) is 8.24. The Morgan fingerprint density at radius 1 is 1.22 bits per heavy atom. The Kier molecular flexibility index (Phi) is 3.56. The number of fused-ring (bicyclic) bond motifs is 3. The van der Waals surface area contributed by atoms with Gasteiger partial charge in [0.05, 0.1) is 5.92 Å². The van der Waals surface area contributed by atoms with Crippen LogP contribution in [0.2, 0.25) is 0 Å². The quantitative estimate of drug-likeness (QED) is 0.777. The summed E-state index contributed by atoms with van der Waals surface area (Å²) >= 11 is 0. The van der Waals surface area contributed by atoms with Gasteiger partial charge in [-0.15, -0.1) is 0 Å². The van der Waals surface area contributed by atoms with Gasteiger partial charge in [-0.25, -0.2) is 4.39 Å². The van der Waals surface area contributed by atoms with Crippen LogP contribution >= 0.6 is 0 Å². The molecule has 0 aromatic heterocycles. The molecule has 0 radical (unpaired) electrons. The zero-order valence-corrected chi connectivity index (χ0v) is 12.8. The largest absolute Gasteiger partial charge is 0.353 e. The van der Waals surface area contributed by atoms with Gasteiger partial charge in [0, 0.05) is 30.2 Å². The molecule has 3 heterocycles. The summed E-state index contributed by atoms with van der Waals surface area (Å²) in [6.07, 6.45) is 4.34. The van der Waals surface area contributed by atoms with E-state index in [1.165, 1.54) is 25.0 Å². The van der Waals surface area contributed by atoms with Crippen molar-refractivity contribution in [2.45, 2.75) is 56.1 Å². The van der Waals surface area contributed by atoms with Crippen LogP contribution in [0.25, 0.3) is 0 Å². The summed E-state index contributed by atoms with van der Waals surface area (Å²) in [5.41, 5.74) is 1.10. The predicted molar refractivity (Wildman–Crippen MR) is 83.5 cm³/mol. The number of hydrogen-bond donors (Lipinski definition) is 3. The first kappa shape index (κ1) is 14.6. The molecule has 6 heteroatoms. The van der Waals surface area contributed by atoms with E-state index in [1.54, 1.807) is 6.07 Å². The number of rotatable bonds is 2. The van der Waals surface area contributed by atoms with E-state index in [9.17, 15) is 14.0 Å². The molecule has 2 bridgehead atoms. The molecule has 0 spiro atoms. The molecule has 3 unspecified atom stereocenters. The van der Waals surface area contributed by atoms with Crippen LogP contribution in [0, 0.1) is 5.82 Å². The summed E-state index contributed by atoms with van der Waals surface area (Å²) in [5.74, 6) is -1.32. The number of piperidine rings is 1. The maximum atomic E-state index is 13.4. The molecule has 3 atom stereocenters. The van der Waals surface area contributed by atoms with Crippen LogP contribution in [0.5, 0.6) is 0 Å². The van der Waals surface area contributed by atoms with E-state index in [4.69, 9.17) is 0 Å². The standard InChI is InChI=1S/C17H20FN3O2/c18-9-1-4-13-14(8-16(22)21-15(13)5-9)17(23)20-12-6-10-2-3-11(7-12)19-10/h1,4-5,10-12,14,19H,2-3,6-8H2,(H,20,23)(H,21,22). The molecule has 2 saturated heterocycles. The van der Waals surface area contributed by atoms with E-state index < -0.39 is 11.7 Å². The zero-order valence-electron chi connectivity index (χ0n) is 12.8. The van der Waals surface area contributed by atoms with Gasteiger partial charge < -0.3 is 16.0 Å². The molecule has 5 nitrogen and oxygen atoms in total. The minimum absolute atomic E-state index is 0.113. The van der Waals surface area contributed by atoms with Crippen molar-refractivity contribution in [3.05, 3.63) is 29.6 Å². The Labute approximate surface area is 134 Å². The highest BCUT2D eigenvalue weighted by Gasteiger charge is 2.36. The third kappa shape index (κ3) is 2.83. The lowest BCUT2D eigenvalue weighted by molar-refractivity contribution is -0.127. The molecule has 4 rings (SSSR count). The maximum Gasteiger partial charge on any atom is 0.228 e. The Morgan fingerprint density at radius 3 is 2.70 bits per heavy atom. The number of carbonyl (C=O) groups is 2. The highest BCUT2D eigenvalue weighted by molar-refractivity contribution is 6.01. The lowest BCUT2D eigenvalue weighted by Gasteiger charge is -2.32. The molecule has 3 N–H and O–H groups in total. The van der Waals surface area contributed by atoms with Gasteiger partial charge >= 0.3 is 0 Å². The first-order chi connectivity index (χ1) is 11.1. The monoisotopic (exact) mass is 317 g/mol. The van der Waals surface area contributed by atoms with E-state index in [0.29, 0.717) is 23.3 Å². The van der Waals surface area contributed by atoms with Gasteiger partial charge in [-0.3, -0.25) is 9.59 Å². The second-order valence-corrected chi connectivity index (χ2v) is 6.85. The second kappa shape index (κ2) is 5.60. The fraction of sp³-hybridized carbons (Fsp3) is 0.529. The SMILES string of the molecule is O=C1CC(C(=O)NC2CC3CCC(C2)N3)c2ccc(F)cc2N1. The third-order valence-electron chi connectivity index (χ3n) is 5.19. The molecule has 2 fully saturated rings. The lowest BCUT2D eigenvalue weighted by Crippen LogP contribution is -2.49. The zero-order chi connectivity index (χ0) is 16.0. The normalized spacial score (nSPS) is 32.1. The highest BCUT2D eigenvalue weighted by Crippen LogP contribution is 2.34. The van der Waals surface area contributed by atoms with Crippen LogP contribution < -0.4 is 16.0 Å². The van der Waals surface area contributed by atoms with Gasteiger partial charge in [0.15, 0.2) is 0 Å². The summed E-state index contributed by atoms with van der Waals surface area (Å²) in [7, 11) is 0. The van der Waals surface area contributed by atoms with Crippen molar-refractivity contribution >= 4 is 17.5 Å². The van der Waals surface area contributed by atoms with Crippen LogP contribution in [-0.2, 0) is 9.59 Å². The van der Waals surface area contributed by atoms with Gasteiger partial charge in [0.1, 0.15) is 5.82 Å². The summed E-state index contributed by atoms with van der Waals surface area (Å²) in [4.78, 5) is 24.5. The van der Waals surface area contributed by atoms with Crippen molar-refractivity contribution in [2.75, 3.05) is 5.32 Å². The number of amides is 2. The van der Waals surface area contributed by atoms with Crippen LogP contribution in [0.15, 0.2) is 18.2 Å². The highest BCUT2D eigenvalue weighted by atomic mass is 19.1. The van der Waals surface area contributed by atoms with E-state index >= 15 is 0 Å². The minimum Gasteiger partial charge on any atom is -0.353 e. The molecular formula is C17H20FN3O2. The fourth-order valence-corrected chi connectivity index (χ4v) is 4.15. The fourth-order valence-electron chi connectivity index (χ4n) is 4.15. The van der Waals surface area contributed by atoms with Gasteiger partial charge in [-0.1, -0.05) is 6.07 Å². The molecule has 0 saturated carbocycles. The Balaban J connectivity index is 1.51. The lowest BCUT2D eigenvalue weighted by atomic mass is 9.89. The Bertz CT molecular complexity index is 651. The van der Waals surface area contributed by atoms with Crippen molar-refractivity contribution in [3.63, 3.8) is 0 Å². The molecule has 122 valence electrons. The maximum absolute atomic E-state index is 13.4. The molecule has 23 heavy (non-hydrogen) atoms. The summed E-state index contributed by atoms with van der Waals surface area (Å²) in [5, 5.41) is 9.30. The van der Waals surface area contributed by atoms with E-state index in [2.05, 4.69) is 16.0 Å². The number of halogens is 1. The Morgan fingerprint density at radius 2 is 1.96 bits per heavy atom. The number of benzene rings is 1. The predicted octanol–water partition coefficient (Wildman–Crippen LogP) is 1.65. The van der Waals surface area contributed by atoms with Crippen LogP contribution in [0.4, 0.5) is 10.1 Å². The molecule has 3 aliphatic heterocycles. The molecule has 1 aromatic carbocycles. The number of anilines is 1. The number of nitrogens with one attached hydrogen (secondary N) is 3. The number of carbonyl (C=O) groups excluding carboxylic acids is 2. The number of hydrogen-bond acceptors (Lipinski definition) is 3. The molecule has 3 aliphatic rings. The van der Waals surface area contributed by atoms with E-state index in [0.717, 1.165) is 12.8 Å². The van der Waals surface area contributed by atoms with Crippen molar-refractivity contribution in [3.8, 4) is 0 Å².